The number of piperazine rings is 1. The van der Waals surface area contributed by atoms with Crippen molar-refractivity contribution in [2.45, 2.75) is 25.8 Å². The van der Waals surface area contributed by atoms with Gasteiger partial charge in [-0.15, -0.1) is 0 Å². The van der Waals surface area contributed by atoms with Gasteiger partial charge in [0.2, 0.25) is 0 Å². The van der Waals surface area contributed by atoms with Crippen molar-refractivity contribution >= 4 is 6.08 Å². The highest BCUT2D eigenvalue weighted by Gasteiger charge is 2.28. The summed E-state index contributed by atoms with van der Waals surface area (Å²) in [6.45, 7) is 10.7. The minimum Gasteiger partial charge on any atom is -0.304 e. The third kappa shape index (κ3) is 5.37. The van der Waals surface area contributed by atoms with Crippen molar-refractivity contribution in [3.05, 3.63) is 41.7 Å². The highest BCUT2D eigenvalue weighted by molar-refractivity contribution is 5.48. The summed E-state index contributed by atoms with van der Waals surface area (Å²) in [6.07, 6.45) is 6.91. The first kappa shape index (κ1) is 18.6. The molecule has 1 atom stereocenters. The van der Waals surface area contributed by atoms with Crippen LogP contribution in [0.15, 0.2) is 30.3 Å². The summed E-state index contributed by atoms with van der Waals surface area (Å²) in [5.41, 5.74) is 1.07. The minimum atomic E-state index is -0.173. The zero-order chi connectivity index (χ0) is 17.6. The molecule has 1 unspecified atom stereocenters. The van der Waals surface area contributed by atoms with E-state index in [1.54, 1.807) is 0 Å². The molecule has 2 heterocycles. The topological polar surface area (TPSA) is 9.72 Å². The zero-order valence-corrected chi connectivity index (χ0v) is 15.7. The van der Waals surface area contributed by atoms with Crippen molar-refractivity contribution in [2.75, 3.05) is 52.9 Å². The lowest BCUT2D eigenvalue weighted by Crippen LogP contribution is -2.51. The van der Waals surface area contributed by atoms with E-state index >= 15 is 0 Å². The second-order valence-corrected chi connectivity index (χ2v) is 7.67. The van der Waals surface area contributed by atoms with E-state index in [2.05, 4.69) is 40.8 Å². The molecule has 25 heavy (non-hydrogen) atoms. The normalized spacial score (nSPS) is 23.3. The maximum atomic E-state index is 12.9. The van der Waals surface area contributed by atoms with Crippen molar-refractivity contribution < 1.29 is 4.39 Å². The number of likely N-dealkylation sites (N-methyl/N-ethyl adjacent to an activating group) is 1. The molecular weight excluding hydrogens is 313 g/mol. The van der Waals surface area contributed by atoms with Gasteiger partial charge in [0.25, 0.3) is 0 Å². The van der Waals surface area contributed by atoms with Gasteiger partial charge in [-0.3, -0.25) is 9.80 Å². The van der Waals surface area contributed by atoms with Crippen molar-refractivity contribution in [1.29, 1.82) is 0 Å². The van der Waals surface area contributed by atoms with Crippen molar-refractivity contribution in [2.24, 2.45) is 5.92 Å². The third-order valence-electron chi connectivity index (χ3n) is 5.97. The predicted octanol–water partition coefficient (Wildman–Crippen LogP) is 3.19. The number of piperidine rings is 1. The van der Waals surface area contributed by atoms with Crippen LogP contribution in [-0.4, -0.2) is 73.6 Å². The fourth-order valence-electron chi connectivity index (χ4n) is 4.06. The zero-order valence-electron chi connectivity index (χ0n) is 15.7. The van der Waals surface area contributed by atoms with E-state index in [0.717, 1.165) is 18.0 Å². The van der Waals surface area contributed by atoms with Crippen LogP contribution in [0.5, 0.6) is 0 Å². The van der Waals surface area contributed by atoms with Gasteiger partial charge in [0, 0.05) is 38.8 Å². The first-order valence-electron chi connectivity index (χ1n) is 9.69. The first-order valence-corrected chi connectivity index (χ1v) is 9.69. The Bertz CT molecular complexity index is 541. The van der Waals surface area contributed by atoms with Gasteiger partial charge in [0.1, 0.15) is 5.82 Å². The maximum absolute atomic E-state index is 12.9. The van der Waals surface area contributed by atoms with E-state index in [-0.39, 0.29) is 5.82 Å². The van der Waals surface area contributed by atoms with Crippen LogP contribution in [0.2, 0.25) is 0 Å². The van der Waals surface area contributed by atoms with Crippen LogP contribution in [0.4, 0.5) is 4.39 Å². The molecule has 4 heteroatoms. The Morgan fingerprint density at radius 3 is 2.32 bits per heavy atom. The molecule has 0 aromatic heterocycles. The lowest BCUT2D eigenvalue weighted by Gasteiger charge is -2.42. The standard InChI is InChI=1S/C21H32FN3/c1-18(25-16-14-23(2)15-17-25)20-9-12-24(13-10-20)11-3-4-19-5-7-21(22)8-6-19/h3-8,18,20H,9-17H2,1-2H3. The Labute approximate surface area is 152 Å². The molecule has 1 aromatic rings. The molecule has 0 aliphatic carbocycles. The van der Waals surface area contributed by atoms with Crippen LogP contribution >= 0.6 is 0 Å². The van der Waals surface area contributed by atoms with Crippen LogP contribution in [0, 0.1) is 11.7 Å². The SMILES string of the molecule is CC(C1CCN(CC=Cc2ccc(F)cc2)CC1)N1CCN(C)CC1. The summed E-state index contributed by atoms with van der Waals surface area (Å²) in [5.74, 6) is 0.662. The molecule has 0 bridgehead atoms. The summed E-state index contributed by atoms with van der Waals surface area (Å²) in [7, 11) is 2.22. The van der Waals surface area contributed by atoms with Gasteiger partial charge in [-0.2, -0.15) is 0 Å². The minimum absolute atomic E-state index is 0.173. The Kier molecular flexibility index (Phi) is 6.63. The van der Waals surface area contributed by atoms with Gasteiger partial charge in [0.05, 0.1) is 0 Å². The number of rotatable bonds is 5. The van der Waals surface area contributed by atoms with E-state index in [9.17, 15) is 4.39 Å². The van der Waals surface area contributed by atoms with E-state index in [0.29, 0.717) is 6.04 Å². The Morgan fingerprint density at radius 1 is 1.04 bits per heavy atom. The number of nitrogens with zero attached hydrogens (tertiary/aromatic N) is 3. The largest absolute Gasteiger partial charge is 0.304 e. The summed E-state index contributed by atoms with van der Waals surface area (Å²) < 4.78 is 12.9. The van der Waals surface area contributed by atoms with Gasteiger partial charge < -0.3 is 4.90 Å². The number of hydrogen-bond donors (Lipinski definition) is 0. The second-order valence-electron chi connectivity index (χ2n) is 7.67. The van der Waals surface area contributed by atoms with E-state index in [1.807, 2.05) is 12.1 Å². The van der Waals surface area contributed by atoms with Crippen LogP contribution < -0.4 is 0 Å². The lowest BCUT2D eigenvalue weighted by atomic mass is 9.89. The van der Waals surface area contributed by atoms with Gasteiger partial charge in [-0.1, -0.05) is 24.3 Å². The average Bonchev–Trinajstić information content (AvgIpc) is 2.64. The van der Waals surface area contributed by atoms with Crippen molar-refractivity contribution in [1.82, 2.24) is 14.7 Å². The number of likely N-dealkylation sites (tertiary alicyclic amines) is 1. The Morgan fingerprint density at radius 2 is 1.68 bits per heavy atom. The molecular formula is C21H32FN3. The highest BCUT2D eigenvalue weighted by atomic mass is 19.1. The fourth-order valence-corrected chi connectivity index (χ4v) is 4.06. The quantitative estimate of drug-likeness (QED) is 0.811. The molecule has 2 saturated heterocycles. The molecule has 2 aliphatic heterocycles. The van der Waals surface area contributed by atoms with E-state index in [1.165, 1.54) is 64.2 Å². The molecule has 3 nitrogen and oxygen atoms in total. The number of halogens is 1. The Balaban J connectivity index is 1.40. The predicted molar refractivity (Wildman–Crippen MR) is 103 cm³/mol. The van der Waals surface area contributed by atoms with E-state index < -0.39 is 0 Å². The van der Waals surface area contributed by atoms with Gasteiger partial charge >= 0.3 is 0 Å². The van der Waals surface area contributed by atoms with Gasteiger partial charge in [-0.25, -0.2) is 4.39 Å². The van der Waals surface area contributed by atoms with Crippen molar-refractivity contribution in [3.63, 3.8) is 0 Å². The summed E-state index contributed by atoms with van der Waals surface area (Å²) in [6, 6.07) is 7.41. The molecule has 0 radical (unpaired) electrons. The monoisotopic (exact) mass is 345 g/mol. The fraction of sp³-hybridized carbons (Fsp3) is 0.619. The molecule has 3 rings (SSSR count). The molecule has 1 aromatic carbocycles. The van der Waals surface area contributed by atoms with Crippen LogP contribution in [0.3, 0.4) is 0 Å². The van der Waals surface area contributed by atoms with Gasteiger partial charge in [-0.05, 0) is 63.5 Å². The second kappa shape index (κ2) is 8.93. The summed E-state index contributed by atoms with van der Waals surface area (Å²) >= 11 is 0. The molecule has 0 spiro atoms. The van der Waals surface area contributed by atoms with Crippen LogP contribution in [-0.2, 0) is 0 Å². The number of hydrogen-bond acceptors (Lipinski definition) is 3. The summed E-state index contributed by atoms with van der Waals surface area (Å²) in [5, 5.41) is 0. The van der Waals surface area contributed by atoms with E-state index in [4.69, 9.17) is 0 Å². The third-order valence-corrected chi connectivity index (χ3v) is 5.97. The van der Waals surface area contributed by atoms with Crippen LogP contribution in [0.25, 0.3) is 6.08 Å². The van der Waals surface area contributed by atoms with Crippen molar-refractivity contribution in [3.8, 4) is 0 Å². The van der Waals surface area contributed by atoms with Gasteiger partial charge in [0.15, 0.2) is 0 Å². The van der Waals surface area contributed by atoms with Crippen LogP contribution in [0.1, 0.15) is 25.3 Å². The number of benzene rings is 1. The average molecular weight is 346 g/mol. The Hall–Kier alpha value is -1.23. The summed E-state index contributed by atoms with van der Waals surface area (Å²) in [4.78, 5) is 7.65. The maximum Gasteiger partial charge on any atom is 0.123 e. The lowest BCUT2D eigenvalue weighted by molar-refractivity contribution is 0.0635. The molecule has 0 N–H and O–H groups in total. The molecule has 2 aliphatic rings. The smallest absolute Gasteiger partial charge is 0.123 e. The highest BCUT2D eigenvalue weighted by Crippen LogP contribution is 2.24. The molecule has 138 valence electrons. The molecule has 0 saturated carbocycles. The molecule has 0 amide bonds. The first-order chi connectivity index (χ1) is 12.1. The molecule has 2 fully saturated rings.